The molecule has 0 aliphatic carbocycles. The van der Waals surface area contributed by atoms with E-state index in [1.807, 2.05) is 6.92 Å². The van der Waals surface area contributed by atoms with Gasteiger partial charge in [-0.15, -0.1) is 0 Å². The van der Waals surface area contributed by atoms with E-state index in [2.05, 4.69) is 0 Å². The molecule has 10 heteroatoms. The lowest BCUT2D eigenvalue weighted by Crippen LogP contribution is -2.57. The fraction of sp³-hybridized carbons (Fsp3) is 0.926. The first-order chi connectivity index (χ1) is 16.8. The standard InChI is InChI=1S/C27H48O10/c1-14-10-25(6,32)11-15(2)21(37-19-12-27(8,34-9)23(30)18(5)36-19)17(4)24(31)35-13-26(7,33)22(29)16(3)20(14)28/h14-19,21-23,29-30,32-33H,10-13H2,1-9H3. The first-order valence-electron chi connectivity index (χ1n) is 13.2. The molecular weight excluding hydrogens is 484 g/mol. The Morgan fingerprint density at radius 1 is 0.892 bits per heavy atom. The summed E-state index contributed by atoms with van der Waals surface area (Å²) < 4.78 is 23.2. The number of ketones is 1. The van der Waals surface area contributed by atoms with Gasteiger partial charge in [-0.3, -0.25) is 9.59 Å². The van der Waals surface area contributed by atoms with Gasteiger partial charge < -0.3 is 39.4 Å². The molecule has 0 aromatic carbocycles. The second-order valence-electron chi connectivity index (χ2n) is 12.2. The fourth-order valence-electron chi connectivity index (χ4n) is 5.88. The average molecular weight is 533 g/mol. The van der Waals surface area contributed by atoms with E-state index in [9.17, 15) is 30.0 Å². The number of hydrogen-bond acceptors (Lipinski definition) is 10. The Hall–Kier alpha value is -1.14. The van der Waals surface area contributed by atoms with Crippen molar-refractivity contribution < 1.29 is 49.0 Å². The molecule has 2 rings (SSSR count). The van der Waals surface area contributed by atoms with Gasteiger partial charge in [0.05, 0.1) is 35.4 Å². The largest absolute Gasteiger partial charge is 0.462 e. The van der Waals surface area contributed by atoms with E-state index in [0.29, 0.717) is 0 Å². The third-order valence-electron chi connectivity index (χ3n) is 8.27. The van der Waals surface area contributed by atoms with Crippen LogP contribution in [0, 0.1) is 23.7 Å². The zero-order valence-corrected chi connectivity index (χ0v) is 23.8. The van der Waals surface area contributed by atoms with Gasteiger partial charge in [0, 0.05) is 25.4 Å². The Balaban J connectivity index is 2.39. The Labute approximate surface area is 220 Å². The maximum Gasteiger partial charge on any atom is 0.311 e. The number of ether oxygens (including phenoxy) is 4. The Morgan fingerprint density at radius 3 is 2.05 bits per heavy atom. The highest BCUT2D eigenvalue weighted by Crippen LogP contribution is 2.37. The number of Topliss-reactive ketones (excluding diaryl/α,β-unsaturated/α-hetero) is 1. The summed E-state index contributed by atoms with van der Waals surface area (Å²) in [5.74, 6) is -3.66. The first-order valence-corrected chi connectivity index (χ1v) is 13.2. The molecule has 216 valence electrons. The predicted molar refractivity (Wildman–Crippen MR) is 134 cm³/mol. The number of carbonyl (C=O) groups is 2. The van der Waals surface area contributed by atoms with Gasteiger partial charge in [-0.1, -0.05) is 20.8 Å². The summed E-state index contributed by atoms with van der Waals surface area (Å²) in [5, 5.41) is 43.3. The summed E-state index contributed by atoms with van der Waals surface area (Å²) in [6.07, 6.45) is -3.96. The lowest BCUT2D eigenvalue weighted by atomic mass is 9.76. The number of methoxy groups -OCH3 is 1. The summed E-state index contributed by atoms with van der Waals surface area (Å²) in [6, 6.07) is 0. The Kier molecular flexibility index (Phi) is 10.3. The van der Waals surface area contributed by atoms with Gasteiger partial charge in [0.25, 0.3) is 0 Å². The lowest BCUT2D eigenvalue weighted by molar-refractivity contribution is -0.296. The van der Waals surface area contributed by atoms with Gasteiger partial charge in [-0.2, -0.15) is 0 Å². The molecular formula is C27H48O10. The van der Waals surface area contributed by atoms with Crippen molar-refractivity contribution in [2.45, 2.75) is 122 Å². The van der Waals surface area contributed by atoms with Crippen LogP contribution in [0.15, 0.2) is 0 Å². The van der Waals surface area contributed by atoms with Crippen molar-refractivity contribution in [3.8, 4) is 0 Å². The monoisotopic (exact) mass is 532 g/mol. The maximum atomic E-state index is 13.1. The second-order valence-corrected chi connectivity index (χ2v) is 12.2. The van der Waals surface area contributed by atoms with Crippen LogP contribution in [0.1, 0.15) is 74.7 Å². The molecule has 0 aromatic rings. The highest BCUT2D eigenvalue weighted by molar-refractivity contribution is 5.83. The summed E-state index contributed by atoms with van der Waals surface area (Å²) in [7, 11) is 1.50. The highest BCUT2D eigenvalue weighted by atomic mass is 16.7. The number of rotatable bonds is 3. The zero-order valence-electron chi connectivity index (χ0n) is 23.8. The average Bonchev–Trinajstić information content (AvgIpc) is 2.81. The second kappa shape index (κ2) is 11.9. The Bertz CT molecular complexity index is 798. The van der Waals surface area contributed by atoms with Crippen molar-refractivity contribution in [2.24, 2.45) is 23.7 Å². The summed E-state index contributed by atoms with van der Waals surface area (Å²) >= 11 is 0. The van der Waals surface area contributed by atoms with Crippen LogP contribution in [0.2, 0.25) is 0 Å². The van der Waals surface area contributed by atoms with Crippen LogP contribution in [0.3, 0.4) is 0 Å². The van der Waals surface area contributed by atoms with Crippen molar-refractivity contribution in [1.82, 2.24) is 0 Å². The van der Waals surface area contributed by atoms with Crippen LogP contribution in [0.4, 0.5) is 0 Å². The molecule has 2 saturated heterocycles. The van der Waals surface area contributed by atoms with Crippen LogP contribution >= 0.6 is 0 Å². The van der Waals surface area contributed by atoms with Crippen molar-refractivity contribution in [3.63, 3.8) is 0 Å². The van der Waals surface area contributed by atoms with E-state index in [1.165, 1.54) is 21.0 Å². The summed E-state index contributed by atoms with van der Waals surface area (Å²) in [5.41, 5.74) is -4.07. The third kappa shape index (κ3) is 7.50. The van der Waals surface area contributed by atoms with Crippen LogP contribution < -0.4 is 0 Å². The van der Waals surface area contributed by atoms with Gasteiger partial charge in [0.15, 0.2) is 6.29 Å². The van der Waals surface area contributed by atoms with Gasteiger partial charge in [0.2, 0.25) is 0 Å². The molecule has 37 heavy (non-hydrogen) atoms. The minimum Gasteiger partial charge on any atom is -0.462 e. The molecule has 2 fully saturated rings. The molecule has 10 nitrogen and oxygen atoms in total. The van der Waals surface area contributed by atoms with E-state index in [1.54, 1.807) is 34.6 Å². The number of cyclic esters (lactones) is 1. The van der Waals surface area contributed by atoms with Crippen LogP contribution in [-0.2, 0) is 28.5 Å². The van der Waals surface area contributed by atoms with Crippen molar-refractivity contribution in [3.05, 3.63) is 0 Å². The van der Waals surface area contributed by atoms with E-state index in [-0.39, 0.29) is 31.0 Å². The highest BCUT2D eigenvalue weighted by Gasteiger charge is 2.48. The van der Waals surface area contributed by atoms with E-state index >= 15 is 0 Å². The topological polar surface area (TPSA) is 152 Å². The third-order valence-corrected chi connectivity index (χ3v) is 8.27. The molecule has 2 aliphatic heterocycles. The molecule has 4 N–H and O–H groups in total. The van der Waals surface area contributed by atoms with Gasteiger partial charge in [-0.25, -0.2) is 0 Å². The molecule has 12 atom stereocenters. The van der Waals surface area contributed by atoms with Crippen LogP contribution in [0.5, 0.6) is 0 Å². The number of aliphatic hydroxyl groups is 4. The number of hydrogen-bond donors (Lipinski definition) is 4. The quantitative estimate of drug-likeness (QED) is 0.394. The predicted octanol–water partition coefficient (Wildman–Crippen LogP) is 1.59. The number of carbonyl (C=O) groups excluding carboxylic acids is 2. The zero-order chi connectivity index (χ0) is 28.5. The number of aliphatic hydroxyl groups excluding tert-OH is 2. The van der Waals surface area contributed by atoms with Crippen molar-refractivity contribution in [2.75, 3.05) is 13.7 Å². The molecule has 12 unspecified atom stereocenters. The summed E-state index contributed by atoms with van der Waals surface area (Å²) in [4.78, 5) is 26.1. The van der Waals surface area contributed by atoms with Crippen molar-refractivity contribution >= 4 is 11.8 Å². The molecule has 0 radical (unpaired) electrons. The van der Waals surface area contributed by atoms with E-state index in [0.717, 1.165) is 0 Å². The van der Waals surface area contributed by atoms with E-state index < -0.39 is 77.8 Å². The van der Waals surface area contributed by atoms with E-state index in [4.69, 9.17) is 18.9 Å². The van der Waals surface area contributed by atoms with Gasteiger partial charge in [0.1, 0.15) is 24.1 Å². The molecule has 0 saturated carbocycles. The number of esters is 1. The van der Waals surface area contributed by atoms with Gasteiger partial charge in [-0.05, 0) is 53.4 Å². The fourth-order valence-corrected chi connectivity index (χ4v) is 5.88. The maximum absolute atomic E-state index is 13.1. The van der Waals surface area contributed by atoms with Crippen LogP contribution in [-0.4, -0.2) is 93.4 Å². The van der Waals surface area contributed by atoms with Crippen LogP contribution in [0.25, 0.3) is 0 Å². The lowest BCUT2D eigenvalue weighted by Gasteiger charge is -2.46. The molecule has 0 amide bonds. The van der Waals surface area contributed by atoms with Crippen molar-refractivity contribution in [1.29, 1.82) is 0 Å². The smallest absolute Gasteiger partial charge is 0.311 e. The summed E-state index contributed by atoms with van der Waals surface area (Å²) in [6.45, 7) is 12.6. The normalized spacial score (nSPS) is 49.3. The minimum absolute atomic E-state index is 0.131. The van der Waals surface area contributed by atoms with Gasteiger partial charge >= 0.3 is 5.97 Å². The minimum atomic E-state index is -1.86. The molecule has 0 aromatic heterocycles. The molecule has 2 aliphatic rings. The molecule has 0 bridgehead atoms. The Morgan fingerprint density at radius 2 is 1.49 bits per heavy atom. The molecule has 2 heterocycles. The first kappa shape index (κ1) is 32.1. The SMILES string of the molecule is COC1(C)CC(OC2C(C)CC(C)(O)CC(C)C(=O)C(C)C(O)C(C)(O)COC(=O)C2C)OC(C)C1O. The molecule has 0 spiro atoms.